The first-order chi connectivity index (χ1) is 9.04. The largest absolute Gasteiger partial charge is 0.378 e. The summed E-state index contributed by atoms with van der Waals surface area (Å²) in [6, 6.07) is 5.32. The van der Waals surface area contributed by atoms with E-state index in [1.807, 2.05) is 6.07 Å². The van der Waals surface area contributed by atoms with Crippen molar-refractivity contribution in [1.29, 1.82) is 0 Å². The van der Waals surface area contributed by atoms with Crippen molar-refractivity contribution in [2.45, 2.75) is 13.1 Å². The normalized spacial score (nSPS) is 10.4. The lowest BCUT2D eigenvalue weighted by molar-refractivity contribution is -0.118. The van der Waals surface area contributed by atoms with Crippen LogP contribution in [-0.4, -0.2) is 15.7 Å². The number of halogens is 2. The fourth-order valence-electron chi connectivity index (χ4n) is 1.56. The van der Waals surface area contributed by atoms with E-state index in [0.29, 0.717) is 16.6 Å². The topological polar surface area (TPSA) is 72.9 Å². The zero-order chi connectivity index (χ0) is 13.8. The van der Waals surface area contributed by atoms with Crippen molar-refractivity contribution in [3.8, 4) is 0 Å². The van der Waals surface area contributed by atoms with Gasteiger partial charge in [0.2, 0.25) is 5.91 Å². The van der Waals surface area contributed by atoms with Gasteiger partial charge in [0.25, 0.3) is 0 Å². The highest BCUT2D eigenvalue weighted by Crippen LogP contribution is 2.21. The van der Waals surface area contributed by atoms with Gasteiger partial charge in [0.15, 0.2) is 0 Å². The highest BCUT2D eigenvalue weighted by molar-refractivity contribution is 6.35. The third kappa shape index (κ3) is 3.87. The van der Waals surface area contributed by atoms with Crippen LogP contribution in [-0.2, 0) is 17.9 Å². The third-order valence-corrected chi connectivity index (χ3v) is 3.04. The van der Waals surface area contributed by atoms with Crippen LogP contribution in [0, 0.1) is 0 Å². The first-order valence-electron chi connectivity index (χ1n) is 5.53. The molecule has 0 aliphatic rings. The number of hydrogen-bond donors (Lipinski definition) is 2. The number of carbonyl (C=O) groups is 1. The van der Waals surface area contributed by atoms with Crippen molar-refractivity contribution in [3.63, 3.8) is 0 Å². The number of anilines is 1. The lowest BCUT2D eigenvalue weighted by Crippen LogP contribution is -2.18. The van der Waals surface area contributed by atoms with Crippen LogP contribution < -0.4 is 11.1 Å². The van der Waals surface area contributed by atoms with Crippen LogP contribution in [0.3, 0.4) is 0 Å². The highest BCUT2D eigenvalue weighted by atomic mass is 35.5. The molecule has 0 bridgehead atoms. The fourth-order valence-corrected chi connectivity index (χ4v) is 2.04. The maximum absolute atomic E-state index is 10.7. The van der Waals surface area contributed by atoms with E-state index in [0.717, 1.165) is 11.3 Å². The number of aromatic nitrogens is 2. The molecule has 0 spiro atoms. The summed E-state index contributed by atoms with van der Waals surface area (Å²) >= 11 is 11.9. The Balaban J connectivity index is 1.98. The number of amides is 1. The van der Waals surface area contributed by atoms with E-state index in [9.17, 15) is 4.79 Å². The second-order valence-electron chi connectivity index (χ2n) is 3.98. The van der Waals surface area contributed by atoms with Crippen LogP contribution in [0.25, 0.3) is 0 Å². The van der Waals surface area contributed by atoms with E-state index in [1.54, 1.807) is 24.5 Å². The Hall–Kier alpha value is -1.72. The molecule has 1 aromatic carbocycles. The highest BCUT2D eigenvalue weighted by Gasteiger charge is 2.04. The maximum Gasteiger partial charge on any atom is 0.239 e. The molecule has 0 radical (unpaired) electrons. The van der Waals surface area contributed by atoms with Gasteiger partial charge in [-0.2, -0.15) is 5.10 Å². The minimum atomic E-state index is -0.435. The number of hydrogen-bond acceptors (Lipinski definition) is 3. The minimum absolute atomic E-state index is 0.0589. The SMILES string of the molecule is NC(=O)Cn1cc(NCc2ccc(Cl)cc2Cl)cn1. The molecule has 0 aliphatic heterocycles. The van der Waals surface area contributed by atoms with E-state index < -0.39 is 5.91 Å². The second kappa shape index (κ2) is 5.95. The molecule has 0 saturated heterocycles. The Bertz CT molecular complexity index is 597. The van der Waals surface area contributed by atoms with E-state index in [2.05, 4.69) is 10.4 Å². The van der Waals surface area contributed by atoms with Gasteiger partial charge in [0.05, 0.1) is 11.9 Å². The van der Waals surface area contributed by atoms with E-state index in [4.69, 9.17) is 28.9 Å². The van der Waals surface area contributed by atoms with Crippen LogP contribution in [0.5, 0.6) is 0 Å². The Morgan fingerprint density at radius 1 is 1.42 bits per heavy atom. The number of nitrogens with one attached hydrogen (secondary N) is 1. The van der Waals surface area contributed by atoms with Gasteiger partial charge in [-0.25, -0.2) is 0 Å². The monoisotopic (exact) mass is 298 g/mol. The zero-order valence-electron chi connectivity index (χ0n) is 9.94. The molecular formula is C12H12Cl2N4O. The lowest BCUT2D eigenvalue weighted by Gasteiger charge is -2.06. The molecule has 0 atom stereocenters. The number of primary amides is 1. The third-order valence-electron chi connectivity index (χ3n) is 2.45. The van der Waals surface area contributed by atoms with E-state index in [-0.39, 0.29) is 6.54 Å². The Morgan fingerprint density at radius 2 is 2.21 bits per heavy atom. The summed E-state index contributed by atoms with van der Waals surface area (Å²) < 4.78 is 1.47. The fraction of sp³-hybridized carbons (Fsp3) is 0.167. The smallest absolute Gasteiger partial charge is 0.239 e. The van der Waals surface area contributed by atoms with Gasteiger partial charge in [-0.15, -0.1) is 0 Å². The van der Waals surface area contributed by atoms with Crippen molar-refractivity contribution in [2.75, 3.05) is 5.32 Å². The predicted octanol–water partition coefficient (Wildman–Crippen LogP) is 2.29. The summed E-state index contributed by atoms with van der Waals surface area (Å²) in [7, 11) is 0. The van der Waals surface area contributed by atoms with Crippen LogP contribution in [0.4, 0.5) is 5.69 Å². The van der Waals surface area contributed by atoms with Gasteiger partial charge in [-0.1, -0.05) is 29.3 Å². The van der Waals surface area contributed by atoms with Crippen molar-refractivity contribution in [2.24, 2.45) is 5.73 Å². The zero-order valence-corrected chi connectivity index (χ0v) is 11.4. The summed E-state index contributed by atoms with van der Waals surface area (Å²) in [5, 5.41) is 8.36. The Morgan fingerprint density at radius 3 is 2.89 bits per heavy atom. The molecule has 0 aliphatic carbocycles. The average Bonchev–Trinajstić information content (AvgIpc) is 2.74. The number of rotatable bonds is 5. The van der Waals surface area contributed by atoms with Crippen LogP contribution in [0.2, 0.25) is 10.0 Å². The molecule has 1 aromatic heterocycles. The lowest BCUT2D eigenvalue weighted by atomic mass is 10.2. The summed E-state index contributed by atoms with van der Waals surface area (Å²) in [4.78, 5) is 10.7. The van der Waals surface area contributed by atoms with Gasteiger partial charge >= 0.3 is 0 Å². The van der Waals surface area contributed by atoms with Gasteiger partial charge in [0.1, 0.15) is 6.54 Å². The molecule has 3 N–H and O–H groups in total. The van der Waals surface area contributed by atoms with Crippen LogP contribution in [0.1, 0.15) is 5.56 Å². The van der Waals surface area contributed by atoms with Gasteiger partial charge < -0.3 is 11.1 Å². The molecule has 0 unspecified atom stereocenters. The second-order valence-corrected chi connectivity index (χ2v) is 4.83. The number of carbonyl (C=O) groups excluding carboxylic acids is 1. The maximum atomic E-state index is 10.7. The van der Waals surface area contributed by atoms with Crippen molar-refractivity contribution in [1.82, 2.24) is 9.78 Å². The Kier molecular flexibility index (Phi) is 4.29. The molecule has 100 valence electrons. The first-order valence-corrected chi connectivity index (χ1v) is 6.29. The first kappa shape index (κ1) is 13.7. The molecule has 2 rings (SSSR count). The summed E-state index contributed by atoms with van der Waals surface area (Å²) in [5.41, 5.74) is 6.79. The molecule has 1 heterocycles. The molecule has 1 amide bonds. The molecule has 0 saturated carbocycles. The van der Waals surface area contributed by atoms with Gasteiger partial charge in [-0.05, 0) is 17.7 Å². The number of nitrogens with zero attached hydrogens (tertiary/aromatic N) is 2. The van der Waals surface area contributed by atoms with Crippen LogP contribution in [0.15, 0.2) is 30.6 Å². The van der Waals surface area contributed by atoms with Crippen LogP contribution >= 0.6 is 23.2 Å². The summed E-state index contributed by atoms with van der Waals surface area (Å²) in [6.07, 6.45) is 3.32. The molecule has 0 fully saturated rings. The minimum Gasteiger partial charge on any atom is -0.378 e. The van der Waals surface area contributed by atoms with E-state index >= 15 is 0 Å². The summed E-state index contributed by atoms with van der Waals surface area (Å²) in [6.45, 7) is 0.599. The quantitative estimate of drug-likeness (QED) is 0.889. The van der Waals surface area contributed by atoms with Crippen molar-refractivity contribution >= 4 is 34.8 Å². The number of nitrogens with two attached hydrogens (primary N) is 1. The summed E-state index contributed by atoms with van der Waals surface area (Å²) in [5.74, 6) is -0.435. The van der Waals surface area contributed by atoms with Gasteiger partial charge in [-0.3, -0.25) is 9.48 Å². The molecule has 5 nitrogen and oxygen atoms in total. The van der Waals surface area contributed by atoms with E-state index in [1.165, 1.54) is 4.68 Å². The molecule has 2 aromatic rings. The molecular weight excluding hydrogens is 287 g/mol. The predicted molar refractivity (Wildman–Crippen MR) is 75.2 cm³/mol. The number of benzene rings is 1. The Labute approximate surface area is 120 Å². The molecule has 7 heteroatoms. The van der Waals surface area contributed by atoms with Gasteiger partial charge in [0, 0.05) is 22.8 Å². The van der Waals surface area contributed by atoms with Crippen molar-refractivity contribution in [3.05, 3.63) is 46.2 Å². The average molecular weight is 299 g/mol. The molecule has 19 heavy (non-hydrogen) atoms. The standard InChI is InChI=1S/C12H12Cl2N4O/c13-9-2-1-8(11(14)3-9)4-16-10-5-17-18(6-10)7-12(15)19/h1-3,5-6,16H,4,7H2,(H2,15,19). The van der Waals surface area contributed by atoms with Crippen molar-refractivity contribution < 1.29 is 4.79 Å².